The summed E-state index contributed by atoms with van der Waals surface area (Å²) in [5, 5.41) is 3.14. The van der Waals surface area contributed by atoms with Gasteiger partial charge in [-0.15, -0.1) is 0 Å². The predicted molar refractivity (Wildman–Crippen MR) is 111 cm³/mol. The van der Waals surface area contributed by atoms with E-state index in [2.05, 4.69) is 10.3 Å². The molecule has 2 aromatic heterocycles. The maximum atomic E-state index is 13.4. The molecule has 4 rings (SSSR count). The van der Waals surface area contributed by atoms with Crippen LogP contribution in [0.5, 0.6) is 0 Å². The SMILES string of the molecule is O=C(Nc1ccc(F)c(Cl)c1)c1cc2cccnc2n(Cc2ccccc2)c1=O. The minimum atomic E-state index is -0.606. The van der Waals surface area contributed by atoms with Gasteiger partial charge in [-0.2, -0.15) is 0 Å². The quantitative estimate of drug-likeness (QED) is 0.542. The summed E-state index contributed by atoms with van der Waals surface area (Å²) in [6.07, 6.45) is 1.60. The van der Waals surface area contributed by atoms with Crippen molar-refractivity contribution in [2.24, 2.45) is 0 Å². The highest BCUT2D eigenvalue weighted by Crippen LogP contribution is 2.20. The fraction of sp³-hybridized carbons (Fsp3) is 0.0455. The van der Waals surface area contributed by atoms with Gasteiger partial charge in [0.05, 0.1) is 11.6 Å². The maximum absolute atomic E-state index is 13.4. The summed E-state index contributed by atoms with van der Waals surface area (Å²) in [5.74, 6) is -1.20. The summed E-state index contributed by atoms with van der Waals surface area (Å²) < 4.78 is 14.8. The third kappa shape index (κ3) is 3.88. The van der Waals surface area contributed by atoms with Gasteiger partial charge in [0, 0.05) is 17.3 Å². The zero-order chi connectivity index (χ0) is 20.4. The maximum Gasteiger partial charge on any atom is 0.265 e. The number of nitrogens with one attached hydrogen (secondary N) is 1. The standard InChI is InChI=1S/C22H15ClFN3O2/c23-18-12-16(8-9-19(18)24)26-21(28)17-11-15-7-4-10-25-20(15)27(22(17)29)13-14-5-2-1-3-6-14/h1-12H,13H2,(H,26,28). The number of benzene rings is 2. The molecule has 0 unspecified atom stereocenters. The Morgan fingerprint density at radius 1 is 1.07 bits per heavy atom. The first-order valence-electron chi connectivity index (χ1n) is 8.82. The zero-order valence-electron chi connectivity index (χ0n) is 15.1. The van der Waals surface area contributed by atoms with Crippen LogP contribution in [-0.4, -0.2) is 15.5 Å². The Hall–Kier alpha value is -3.51. The van der Waals surface area contributed by atoms with E-state index in [4.69, 9.17) is 11.6 Å². The highest BCUT2D eigenvalue weighted by atomic mass is 35.5. The Morgan fingerprint density at radius 3 is 2.62 bits per heavy atom. The van der Waals surface area contributed by atoms with E-state index in [9.17, 15) is 14.0 Å². The normalized spacial score (nSPS) is 10.8. The van der Waals surface area contributed by atoms with Gasteiger partial charge in [0.2, 0.25) is 0 Å². The van der Waals surface area contributed by atoms with Gasteiger partial charge in [0.15, 0.2) is 0 Å². The van der Waals surface area contributed by atoms with Gasteiger partial charge in [0.1, 0.15) is 17.0 Å². The molecular formula is C22H15ClFN3O2. The average Bonchev–Trinajstić information content (AvgIpc) is 2.73. The number of carbonyl (C=O) groups excluding carboxylic acids is 1. The third-order valence-electron chi connectivity index (χ3n) is 4.45. The smallest absolute Gasteiger partial charge is 0.265 e. The van der Waals surface area contributed by atoms with Crippen LogP contribution >= 0.6 is 11.6 Å². The molecule has 7 heteroatoms. The molecule has 0 aliphatic heterocycles. The first-order valence-corrected chi connectivity index (χ1v) is 9.19. The number of hydrogen-bond acceptors (Lipinski definition) is 3. The lowest BCUT2D eigenvalue weighted by Gasteiger charge is -2.12. The zero-order valence-corrected chi connectivity index (χ0v) is 15.9. The van der Waals surface area contributed by atoms with Crippen molar-refractivity contribution in [1.82, 2.24) is 9.55 Å². The summed E-state index contributed by atoms with van der Waals surface area (Å²) >= 11 is 5.77. The number of anilines is 1. The molecular weight excluding hydrogens is 393 g/mol. The molecule has 0 saturated carbocycles. The number of amides is 1. The van der Waals surface area contributed by atoms with E-state index in [1.807, 2.05) is 30.3 Å². The van der Waals surface area contributed by atoms with E-state index < -0.39 is 17.3 Å². The summed E-state index contributed by atoms with van der Waals surface area (Å²) in [5.41, 5.74) is 1.18. The van der Waals surface area contributed by atoms with Crippen LogP contribution < -0.4 is 10.9 Å². The van der Waals surface area contributed by atoms with Crippen LogP contribution in [0.4, 0.5) is 10.1 Å². The van der Waals surface area contributed by atoms with Crippen molar-refractivity contribution in [1.29, 1.82) is 0 Å². The van der Waals surface area contributed by atoms with Gasteiger partial charge in [-0.05, 0) is 42.0 Å². The number of halogens is 2. The van der Waals surface area contributed by atoms with Crippen molar-refractivity contribution in [3.8, 4) is 0 Å². The Bertz CT molecular complexity index is 1270. The number of hydrogen-bond donors (Lipinski definition) is 1. The van der Waals surface area contributed by atoms with E-state index in [1.54, 1.807) is 18.3 Å². The van der Waals surface area contributed by atoms with Gasteiger partial charge < -0.3 is 5.32 Å². The summed E-state index contributed by atoms with van der Waals surface area (Å²) in [6, 6.07) is 18.3. The molecule has 0 saturated heterocycles. The number of fused-ring (bicyclic) bond motifs is 1. The topological polar surface area (TPSA) is 64.0 Å². The number of aromatic nitrogens is 2. The number of pyridine rings is 2. The fourth-order valence-electron chi connectivity index (χ4n) is 3.05. The van der Waals surface area contributed by atoms with Crippen LogP contribution in [-0.2, 0) is 6.54 Å². The average molecular weight is 408 g/mol. The molecule has 2 aromatic carbocycles. The molecule has 0 bridgehead atoms. The van der Waals surface area contributed by atoms with Crippen LogP contribution in [0.25, 0.3) is 11.0 Å². The summed E-state index contributed by atoms with van der Waals surface area (Å²) in [4.78, 5) is 30.2. The molecule has 144 valence electrons. The molecule has 4 aromatic rings. The van der Waals surface area contributed by atoms with E-state index >= 15 is 0 Å². The Morgan fingerprint density at radius 2 is 1.86 bits per heavy atom. The molecule has 0 spiro atoms. The van der Waals surface area contributed by atoms with Crippen molar-refractivity contribution < 1.29 is 9.18 Å². The van der Waals surface area contributed by atoms with Gasteiger partial charge in [0.25, 0.3) is 11.5 Å². The largest absolute Gasteiger partial charge is 0.322 e. The molecule has 1 N–H and O–H groups in total. The lowest BCUT2D eigenvalue weighted by Crippen LogP contribution is -2.30. The molecule has 0 fully saturated rings. The van der Waals surface area contributed by atoms with Crippen LogP contribution in [0, 0.1) is 5.82 Å². The summed E-state index contributed by atoms with van der Waals surface area (Å²) in [6.45, 7) is 0.274. The molecule has 0 aliphatic carbocycles. The van der Waals surface area contributed by atoms with Crippen molar-refractivity contribution in [2.75, 3.05) is 5.32 Å². The van der Waals surface area contributed by atoms with E-state index in [-0.39, 0.29) is 17.1 Å². The van der Waals surface area contributed by atoms with Gasteiger partial charge in [-0.3, -0.25) is 14.2 Å². The molecule has 1 amide bonds. The first kappa shape index (κ1) is 18.8. The van der Waals surface area contributed by atoms with Crippen molar-refractivity contribution >= 4 is 34.2 Å². The minimum absolute atomic E-state index is 0.0399. The highest BCUT2D eigenvalue weighted by Gasteiger charge is 2.17. The van der Waals surface area contributed by atoms with E-state index in [0.717, 1.165) is 11.6 Å². The fourth-order valence-corrected chi connectivity index (χ4v) is 3.23. The van der Waals surface area contributed by atoms with Crippen LogP contribution in [0.15, 0.2) is 77.7 Å². The van der Waals surface area contributed by atoms with Crippen molar-refractivity contribution in [3.05, 3.63) is 105 Å². The number of carbonyl (C=O) groups is 1. The predicted octanol–water partition coefficient (Wildman–Crippen LogP) is 4.49. The van der Waals surface area contributed by atoms with E-state index in [1.165, 1.54) is 22.8 Å². The second-order valence-electron chi connectivity index (χ2n) is 6.43. The third-order valence-corrected chi connectivity index (χ3v) is 4.74. The second kappa shape index (κ2) is 7.85. The van der Waals surface area contributed by atoms with Crippen LogP contribution in [0.3, 0.4) is 0 Å². The molecule has 29 heavy (non-hydrogen) atoms. The van der Waals surface area contributed by atoms with Crippen LogP contribution in [0.2, 0.25) is 5.02 Å². The minimum Gasteiger partial charge on any atom is -0.322 e. The molecule has 5 nitrogen and oxygen atoms in total. The highest BCUT2D eigenvalue weighted by molar-refractivity contribution is 6.31. The van der Waals surface area contributed by atoms with Crippen molar-refractivity contribution in [3.63, 3.8) is 0 Å². The van der Waals surface area contributed by atoms with Gasteiger partial charge in [-0.1, -0.05) is 41.9 Å². The molecule has 0 radical (unpaired) electrons. The molecule has 0 aliphatic rings. The number of rotatable bonds is 4. The lowest BCUT2D eigenvalue weighted by atomic mass is 10.1. The Kier molecular flexibility index (Phi) is 5.10. The second-order valence-corrected chi connectivity index (χ2v) is 6.84. The monoisotopic (exact) mass is 407 g/mol. The number of nitrogens with zero attached hydrogens (tertiary/aromatic N) is 2. The first-order chi connectivity index (χ1) is 14.0. The Labute approximate surface area is 170 Å². The van der Waals surface area contributed by atoms with E-state index in [0.29, 0.717) is 16.7 Å². The van der Waals surface area contributed by atoms with Crippen LogP contribution in [0.1, 0.15) is 15.9 Å². The van der Waals surface area contributed by atoms with Gasteiger partial charge in [-0.25, -0.2) is 9.37 Å². The van der Waals surface area contributed by atoms with Crippen molar-refractivity contribution in [2.45, 2.75) is 6.54 Å². The van der Waals surface area contributed by atoms with Gasteiger partial charge >= 0.3 is 0 Å². The molecule has 2 heterocycles. The Balaban J connectivity index is 1.78. The molecule has 0 atom stereocenters. The summed E-state index contributed by atoms with van der Waals surface area (Å²) in [7, 11) is 0. The lowest BCUT2D eigenvalue weighted by molar-refractivity contribution is 0.102.